The Labute approximate surface area is 195 Å². The number of para-hydroxylation sites is 2. The molecule has 0 atom stereocenters. The SMILES string of the molecule is Cc1nc2ccccc2n1CCCNC(=O)CN1C(=O)NC2(CCC(C(C)(C)C)CC2)C1=O. The molecule has 1 spiro atoms. The van der Waals surface area contributed by atoms with Gasteiger partial charge in [0.05, 0.1) is 11.0 Å². The Balaban J connectivity index is 1.27. The predicted molar refractivity (Wildman–Crippen MR) is 126 cm³/mol. The van der Waals surface area contributed by atoms with Gasteiger partial charge < -0.3 is 15.2 Å². The molecular formula is C25H35N5O3. The van der Waals surface area contributed by atoms with Crippen molar-refractivity contribution in [1.29, 1.82) is 0 Å². The van der Waals surface area contributed by atoms with E-state index in [1.54, 1.807) is 0 Å². The molecule has 1 aromatic carbocycles. The third-order valence-electron chi connectivity index (χ3n) is 7.34. The third kappa shape index (κ3) is 4.61. The number of benzene rings is 1. The molecule has 8 nitrogen and oxygen atoms in total. The molecule has 0 unspecified atom stereocenters. The van der Waals surface area contributed by atoms with Crippen LogP contribution >= 0.6 is 0 Å². The first-order chi connectivity index (χ1) is 15.6. The molecule has 2 fully saturated rings. The van der Waals surface area contributed by atoms with E-state index < -0.39 is 11.6 Å². The molecule has 1 saturated carbocycles. The number of imidazole rings is 1. The van der Waals surface area contributed by atoms with Crippen LogP contribution in [0.2, 0.25) is 0 Å². The first-order valence-electron chi connectivity index (χ1n) is 11.9. The molecule has 2 aromatic rings. The monoisotopic (exact) mass is 453 g/mol. The van der Waals surface area contributed by atoms with E-state index in [4.69, 9.17) is 0 Å². The largest absolute Gasteiger partial charge is 0.354 e. The number of imide groups is 1. The summed E-state index contributed by atoms with van der Waals surface area (Å²) in [6.07, 6.45) is 3.80. The van der Waals surface area contributed by atoms with Gasteiger partial charge in [0.15, 0.2) is 0 Å². The maximum absolute atomic E-state index is 13.1. The molecule has 2 aliphatic rings. The second-order valence-electron chi connectivity index (χ2n) is 10.5. The van der Waals surface area contributed by atoms with Crippen LogP contribution in [0.15, 0.2) is 24.3 Å². The first-order valence-corrected chi connectivity index (χ1v) is 11.9. The fourth-order valence-corrected chi connectivity index (χ4v) is 5.28. The van der Waals surface area contributed by atoms with Gasteiger partial charge >= 0.3 is 6.03 Å². The van der Waals surface area contributed by atoms with E-state index in [1.807, 2.05) is 31.2 Å². The normalized spacial score (nSPS) is 23.4. The van der Waals surface area contributed by atoms with Crippen molar-refractivity contribution in [3.8, 4) is 0 Å². The number of amides is 4. The van der Waals surface area contributed by atoms with Crippen molar-refractivity contribution in [2.75, 3.05) is 13.1 Å². The maximum atomic E-state index is 13.1. The number of aromatic nitrogens is 2. The Kier molecular flexibility index (Phi) is 6.20. The van der Waals surface area contributed by atoms with Crippen molar-refractivity contribution < 1.29 is 14.4 Å². The topological polar surface area (TPSA) is 96.3 Å². The van der Waals surface area contributed by atoms with Crippen molar-refractivity contribution in [3.63, 3.8) is 0 Å². The van der Waals surface area contributed by atoms with E-state index in [1.165, 1.54) is 0 Å². The second kappa shape index (κ2) is 8.80. The van der Waals surface area contributed by atoms with E-state index >= 15 is 0 Å². The highest BCUT2D eigenvalue weighted by Crippen LogP contribution is 2.43. The van der Waals surface area contributed by atoms with Crippen molar-refractivity contribution >= 4 is 28.9 Å². The number of nitrogens with one attached hydrogen (secondary N) is 2. The summed E-state index contributed by atoms with van der Waals surface area (Å²) in [6.45, 7) is 9.59. The van der Waals surface area contributed by atoms with Crippen molar-refractivity contribution in [3.05, 3.63) is 30.1 Å². The highest BCUT2D eigenvalue weighted by atomic mass is 16.2. The number of hydrogen-bond acceptors (Lipinski definition) is 4. The summed E-state index contributed by atoms with van der Waals surface area (Å²) in [5, 5.41) is 5.76. The summed E-state index contributed by atoms with van der Waals surface area (Å²) < 4.78 is 2.14. The molecule has 1 aliphatic heterocycles. The lowest BCUT2D eigenvalue weighted by Gasteiger charge is -2.40. The van der Waals surface area contributed by atoms with Gasteiger partial charge in [0.25, 0.3) is 5.91 Å². The van der Waals surface area contributed by atoms with Crippen LogP contribution in [0, 0.1) is 18.3 Å². The van der Waals surface area contributed by atoms with E-state index in [2.05, 4.69) is 41.0 Å². The summed E-state index contributed by atoms with van der Waals surface area (Å²) in [4.78, 5) is 43.7. The van der Waals surface area contributed by atoms with Gasteiger partial charge in [-0.3, -0.25) is 14.5 Å². The smallest absolute Gasteiger partial charge is 0.325 e. The quantitative estimate of drug-likeness (QED) is 0.518. The molecule has 1 aromatic heterocycles. The van der Waals surface area contributed by atoms with Crippen LogP contribution in [0.1, 0.15) is 58.7 Å². The van der Waals surface area contributed by atoms with Gasteiger partial charge in [0.2, 0.25) is 5.91 Å². The Morgan fingerprint density at radius 1 is 1.21 bits per heavy atom. The Morgan fingerprint density at radius 3 is 2.61 bits per heavy atom. The van der Waals surface area contributed by atoms with Crippen LogP contribution in [-0.2, 0) is 16.1 Å². The zero-order chi connectivity index (χ0) is 23.8. The minimum Gasteiger partial charge on any atom is -0.354 e. The summed E-state index contributed by atoms with van der Waals surface area (Å²) in [5.41, 5.74) is 1.39. The van der Waals surface area contributed by atoms with Crippen LogP contribution < -0.4 is 10.6 Å². The van der Waals surface area contributed by atoms with Crippen LogP contribution in [0.3, 0.4) is 0 Å². The molecule has 178 valence electrons. The van der Waals surface area contributed by atoms with Crippen molar-refractivity contribution in [2.24, 2.45) is 11.3 Å². The van der Waals surface area contributed by atoms with E-state index in [9.17, 15) is 14.4 Å². The Bertz CT molecular complexity index is 1060. The molecule has 1 aliphatic carbocycles. The van der Waals surface area contributed by atoms with Crippen molar-refractivity contribution in [2.45, 2.75) is 71.9 Å². The molecule has 2 N–H and O–H groups in total. The molecule has 4 rings (SSSR count). The number of nitrogens with zero attached hydrogens (tertiary/aromatic N) is 3. The van der Waals surface area contributed by atoms with Gasteiger partial charge in [0.1, 0.15) is 17.9 Å². The number of fused-ring (bicyclic) bond motifs is 1. The number of carbonyl (C=O) groups is 3. The Morgan fingerprint density at radius 2 is 1.91 bits per heavy atom. The molecule has 2 heterocycles. The molecular weight excluding hydrogens is 418 g/mol. The van der Waals surface area contributed by atoms with Gasteiger partial charge in [-0.25, -0.2) is 9.78 Å². The summed E-state index contributed by atoms with van der Waals surface area (Å²) in [5.74, 6) is 0.899. The van der Waals surface area contributed by atoms with Gasteiger partial charge in [0, 0.05) is 13.1 Å². The lowest BCUT2D eigenvalue weighted by Crippen LogP contribution is -2.51. The van der Waals surface area contributed by atoms with E-state index in [-0.39, 0.29) is 23.8 Å². The molecule has 33 heavy (non-hydrogen) atoms. The number of aryl methyl sites for hydroxylation is 2. The van der Waals surface area contributed by atoms with Crippen LogP contribution in [0.5, 0.6) is 0 Å². The fourth-order valence-electron chi connectivity index (χ4n) is 5.28. The predicted octanol–water partition coefficient (Wildman–Crippen LogP) is 3.38. The summed E-state index contributed by atoms with van der Waals surface area (Å²) in [7, 11) is 0. The molecule has 0 radical (unpaired) electrons. The van der Waals surface area contributed by atoms with Gasteiger partial charge in [-0.05, 0) is 62.5 Å². The minimum absolute atomic E-state index is 0.189. The zero-order valence-electron chi connectivity index (χ0n) is 20.1. The molecule has 1 saturated heterocycles. The highest BCUT2D eigenvalue weighted by molar-refractivity contribution is 6.09. The van der Waals surface area contributed by atoms with Gasteiger partial charge in [-0.1, -0.05) is 32.9 Å². The van der Waals surface area contributed by atoms with E-state index in [0.29, 0.717) is 25.3 Å². The maximum Gasteiger partial charge on any atom is 0.325 e. The highest BCUT2D eigenvalue weighted by Gasteiger charge is 2.53. The molecule has 4 amide bonds. The lowest BCUT2D eigenvalue weighted by atomic mass is 9.67. The first kappa shape index (κ1) is 23.3. The van der Waals surface area contributed by atoms with Gasteiger partial charge in [-0.2, -0.15) is 0 Å². The lowest BCUT2D eigenvalue weighted by molar-refractivity contribution is -0.136. The van der Waals surface area contributed by atoms with Crippen LogP contribution in [0.4, 0.5) is 4.79 Å². The number of rotatable bonds is 6. The number of hydrogen-bond donors (Lipinski definition) is 2. The minimum atomic E-state index is -0.834. The fraction of sp³-hybridized carbons (Fsp3) is 0.600. The standard InChI is InChI=1S/C25H35N5O3/c1-17-27-19-8-5-6-9-20(19)29(17)15-7-14-26-21(31)16-30-22(32)25(28-23(30)33)12-10-18(11-13-25)24(2,3)4/h5-6,8-9,18H,7,10-16H2,1-4H3,(H,26,31)(H,28,33). The van der Waals surface area contributed by atoms with Crippen LogP contribution in [0.25, 0.3) is 11.0 Å². The van der Waals surface area contributed by atoms with E-state index in [0.717, 1.165) is 47.6 Å². The third-order valence-corrected chi connectivity index (χ3v) is 7.34. The van der Waals surface area contributed by atoms with Gasteiger partial charge in [-0.15, -0.1) is 0 Å². The number of urea groups is 1. The molecule has 8 heteroatoms. The average Bonchev–Trinajstić information content (AvgIpc) is 3.19. The van der Waals surface area contributed by atoms with Crippen molar-refractivity contribution in [1.82, 2.24) is 25.1 Å². The molecule has 0 bridgehead atoms. The Hall–Kier alpha value is -2.90. The summed E-state index contributed by atoms with van der Waals surface area (Å²) in [6, 6.07) is 7.53. The average molecular weight is 454 g/mol. The number of carbonyl (C=O) groups excluding carboxylic acids is 3. The van der Waals surface area contributed by atoms with Crippen LogP contribution in [-0.4, -0.2) is 50.9 Å². The summed E-state index contributed by atoms with van der Waals surface area (Å²) >= 11 is 0. The second-order valence-corrected chi connectivity index (χ2v) is 10.5. The zero-order valence-corrected chi connectivity index (χ0v) is 20.1.